The van der Waals surface area contributed by atoms with E-state index in [1.54, 1.807) is 6.92 Å². The number of piperidine rings is 1. The van der Waals surface area contributed by atoms with Crippen molar-refractivity contribution < 1.29 is 30.8 Å². The summed E-state index contributed by atoms with van der Waals surface area (Å²) in [6.07, 6.45) is -0.911. The minimum absolute atomic E-state index is 0.0288. The minimum Gasteiger partial charge on any atom is -0.356 e. The Kier molecular flexibility index (Phi) is 8.37. The Morgan fingerprint density at radius 2 is 1.74 bits per heavy atom. The van der Waals surface area contributed by atoms with E-state index in [1.807, 2.05) is 4.90 Å². The van der Waals surface area contributed by atoms with Gasteiger partial charge in [0.25, 0.3) is 0 Å². The Bertz CT molecular complexity index is 1170. The Hall–Kier alpha value is -2.73. The lowest BCUT2D eigenvalue weighted by atomic mass is 9.98. The first kappa shape index (κ1) is 26.9. The topological polar surface area (TPSA) is 91.4 Å². The van der Waals surface area contributed by atoms with Crippen molar-refractivity contribution >= 4 is 21.7 Å². The number of nitrogens with one attached hydrogen (secondary N) is 2. The third kappa shape index (κ3) is 7.38. The molecule has 1 aliphatic heterocycles. The van der Waals surface area contributed by atoms with Crippen LogP contribution in [0.3, 0.4) is 0 Å². The Labute approximate surface area is 202 Å². The lowest BCUT2D eigenvalue weighted by Gasteiger charge is -2.30. The van der Waals surface area contributed by atoms with Gasteiger partial charge in [0.05, 0.1) is 12.2 Å². The van der Waals surface area contributed by atoms with E-state index in [0.29, 0.717) is 24.2 Å². The number of sulfonamides is 1. The summed E-state index contributed by atoms with van der Waals surface area (Å²) in [6.45, 7) is 2.51. The van der Waals surface area contributed by atoms with E-state index in [9.17, 15) is 30.8 Å². The molecule has 1 unspecified atom stereocenters. The van der Waals surface area contributed by atoms with Crippen molar-refractivity contribution in [1.29, 1.82) is 0 Å². The van der Waals surface area contributed by atoms with Crippen LogP contribution >= 0.6 is 0 Å². The zero-order valence-corrected chi connectivity index (χ0v) is 20.3. The maximum Gasteiger partial charge on any atom is 0.433 e. The van der Waals surface area contributed by atoms with E-state index in [4.69, 9.17) is 0 Å². The van der Waals surface area contributed by atoms with Crippen molar-refractivity contribution in [2.45, 2.75) is 51.4 Å². The molecule has 7 nitrogen and oxygen atoms in total. The molecule has 0 saturated carbocycles. The average Bonchev–Trinajstić information content (AvgIpc) is 2.80. The number of pyridine rings is 1. The van der Waals surface area contributed by atoms with Crippen LogP contribution in [-0.2, 0) is 34.1 Å². The van der Waals surface area contributed by atoms with Gasteiger partial charge in [0.1, 0.15) is 17.3 Å². The van der Waals surface area contributed by atoms with Gasteiger partial charge in [-0.15, -0.1) is 0 Å². The summed E-state index contributed by atoms with van der Waals surface area (Å²) in [7, 11) is -3.49. The highest BCUT2D eigenvalue weighted by Gasteiger charge is 2.34. The molecule has 192 valence electrons. The molecular weight excluding hydrogens is 488 g/mol. The van der Waals surface area contributed by atoms with Crippen LogP contribution in [0.15, 0.2) is 30.3 Å². The minimum atomic E-state index is -4.58. The highest BCUT2D eigenvalue weighted by molar-refractivity contribution is 7.88. The van der Waals surface area contributed by atoms with E-state index >= 15 is 0 Å². The second kappa shape index (κ2) is 10.9. The molecule has 1 fully saturated rings. The third-order valence-corrected chi connectivity index (χ3v) is 6.52. The second-order valence-electron chi connectivity index (χ2n) is 8.61. The summed E-state index contributed by atoms with van der Waals surface area (Å²) in [4.78, 5) is 18.4. The summed E-state index contributed by atoms with van der Waals surface area (Å²) in [6, 6.07) is 6.33. The van der Waals surface area contributed by atoms with Crippen LogP contribution in [0.5, 0.6) is 0 Å². The summed E-state index contributed by atoms with van der Waals surface area (Å²) in [5.41, 5.74) is -0.00466. The van der Waals surface area contributed by atoms with Gasteiger partial charge in [-0.05, 0) is 43.9 Å². The number of benzene rings is 1. The highest BCUT2D eigenvalue weighted by Crippen LogP contribution is 2.31. The monoisotopic (exact) mass is 516 g/mol. The van der Waals surface area contributed by atoms with Gasteiger partial charge >= 0.3 is 6.18 Å². The Balaban J connectivity index is 1.72. The SMILES string of the molecule is CC(C(=O)NCc1ccc(C(F)(F)F)nc1N1CCCCC1)c1ccc(CNS(C)(=O)=O)c(F)c1. The van der Waals surface area contributed by atoms with Gasteiger partial charge in [-0.25, -0.2) is 22.5 Å². The second-order valence-corrected chi connectivity index (χ2v) is 10.4. The number of halogens is 4. The van der Waals surface area contributed by atoms with Crippen LogP contribution in [0.25, 0.3) is 0 Å². The number of hydrogen-bond donors (Lipinski definition) is 2. The summed E-state index contributed by atoms with van der Waals surface area (Å²) in [5, 5.41) is 2.71. The van der Waals surface area contributed by atoms with Gasteiger partial charge < -0.3 is 10.2 Å². The molecule has 12 heteroatoms. The van der Waals surface area contributed by atoms with Gasteiger partial charge in [-0.3, -0.25) is 4.79 Å². The van der Waals surface area contributed by atoms with E-state index in [0.717, 1.165) is 31.6 Å². The number of carbonyl (C=O) groups is 1. The molecule has 1 aromatic carbocycles. The molecule has 0 bridgehead atoms. The molecule has 0 aliphatic carbocycles. The number of alkyl halides is 3. The summed E-state index contributed by atoms with van der Waals surface area (Å²) in [5.74, 6) is -1.63. The Morgan fingerprint density at radius 3 is 2.34 bits per heavy atom. The van der Waals surface area contributed by atoms with E-state index in [1.165, 1.54) is 24.3 Å². The number of carbonyl (C=O) groups excluding carboxylic acids is 1. The van der Waals surface area contributed by atoms with Crippen molar-refractivity contribution in [3.63, 3.8) is 0 Å². The molecule has 2 aromatic rings. The van der Waals surface area contributed by atoms with Crippen LogP contribution in [-0.4, -0.2) is 38.7 Å². The smallest absolute Gasteiger partial charge is 0.356 e. The average molecular weight is 517 g/mol. The van der Waals surface area contributed by atoms with Gasteiger partial charge in [0.15, 0.2) is 0 Å². The number of rotatable bonds is 8. The van der Waals surface area contributed by atoms with Gasteiger partial charge in [0, 0.05) is 37.3 Å². The molecule has 1 saturated heterocycles. The standard InChI is InChI=1S/C23H28F4N4O3S/c1-15(16-6-7-17(19(24)12-16)14-29-35(2,33)34)22(32)28-13-18-8-9-20(23(25,26)27)30-21(18)31-10-4-3-5-11-31/h6-9,12,15,29H,3-5,10-11,13-14H2,1-2H3,(H,28,32). The normalized spacial score (nSPS) is 15.7. The van der Waals surface area contributed by atoms with Crippen molar-refractivity contribution in [1.82, 2.24) is 15.0 Å². The number of aromatic nitrogens is 1. The van der Waals surface area contributed by atoms with Gasteiger partial charge in [0.2, 0.25) is 15.9 Å². The highest BCUT2D eigenvalue weighted by atomic mass is 32.2. The molecule has 3 rings (SSSR count). The molecule has 1 amide bonds. The number of anilines is 1. The van der Waals surface area contributed by atoms with Crippen LogP contribution in [0, 0.1) is 5.82 Å². The maximum atomic E-state index is 14.4. The summed E-state index contributed by atoms with van der Waals surface area (Å²) >= 11 is 0. The number of nitrogens with zero attached hydrogens (tertiary/aromatic N) is 2. The van der Waals surface area contributed by atoms with E-state index in [-0.39, 0.29) is 24.5 Å². The molecule has 2 heterocycles. The number of hydrogen-bond acceptors (Lipinski definition) is 5. The van der Waals surface area contributed by atoms with Crippen LogP contribution in [0.4, 0.5) is 23.4 Å². The molecule has 0 spiro atoms. The van der Waals surface area contributed by atoms with Crippen molar-refractivity contribution in [2.24, 2.45) is 0 Å². The van der Waals surface area contributed by atoms with E-state index < -0.39 is 39.5 Å². The first-order valence-electron chi connectivity index (χ1n) is 11.2. The largest absolute Gasteiger partial charge is 0.433 e. The predicted octanol–water partition coefficient (Wildman–Crippen LogP) is 3.70. The molecule has 1 aromatic heterocycles. The van der Waals surface area contributed by atoms with Crippen molar-refractivity contribution in [2.75, 3.05) is 24.2 Å². The zero-order chi connectivity index (χ0) is 25.8. The molecule has 2 N–H and O–H groups in total. The fourth-order valence-electron chi connectivity index (χ4n) is 3.82. The van der Waals surface area contributed by atoms with Crippen molar-refractivity contribution in [3.05, 3.63) is 58.5 Å². The van der Waals surface area contributed by atoms with Crippen LogP contribution in [0.2, 0.25) is 0 Å². The number of amides is 1. The first-order chi connectivity index (χ1) is 16.3. The van der Waals surface area contributed by atoms with Crippen molar-refractivity contribution in [3.8, 4) is 0 Å². The fraction of sp³-hybridized carbons (Fsp3) is 0.478. The molecule has 0 radical (unpaired) electrons. The zero-order valence-electron chi connectivity index (χ0n) is 19.5. The molecule has 35 heavy (non-hydrogen) atoms. The fourth-order valence-corrected chi connectivity index (χ4v) is 4.24. The maximum absolute atomic E-state index is 14.4. The van der Waals surface area contributed by atoms with Crippen LogP contribution < -0.4 is 14.9 Å². The van der Waals surface area contributed by atoms with E-state index in [2.05, 4.69) is 15.0 Å². The molecule has 1 atom stereocenters. The first-order valence-corrected chi connectivity index (χ1v) is 13.1. The predicted molar refractivity (Wildman–Crippen MR) is 124 cm³/mol. The molecular formula is C23H28F4N4O3S. The lowest BCUT2D eigenvalue weighted by molar-refractivity contribution is -0.141. The molecule has 1 aliphatic rings. The third-order valence-electron chi connectivity index (χ3n) is 5.85. The Morgan fingerprint density at radius 1 is 1.09 bits per heavy atom. The van der Waals surface area contributed by atoms with Gasteiger partial charge in [-0.2, -0.15) is 13.2 Å². The van der Waals surface area contributed by atoms with Crippen LogP contribution in [0.1, 0.15) is 54.5 Å². The lowest BCUT2D eigenvalue weighted by Crippen LogP contribution is -2.33. The quantitative estimate of drug-likeness (QED) is 0.523. The van der Waals surface area contributed by atoms with Gasteiger partial charge in [-0.1, -0.05) is 18.2 Å². The summed E-state index contributed by atoms with van der Waals surface area (Å²) < 4.78 is 78.7.